The second-order valence-electron chi connectivity index (χ2n) is 9.16. The lowest BCUT2D eigenvalue weighted by Gasteiger charge is -2.26. The van der Waals surface area contributed by atoms with Crippen LogP contribution in [-0.4, -0.2) is 17.8 Å². The van der Waals surface area contributed by atoms with Crippen molar-refractivity contribution >= 4 is 5.57 Å². The summed E-state index contributed by atoms with van der Waals surface area (Å²) in [5, 5.41) is 10.2. The van der Waals surface area contributed by atoms with E-state index >= 15 is 8.78 Å². The standard InChI is InChI=1S/C30H30F4O2/c1-3-5-25(35)21-12-10-20(11-13-21)23-15-14-22(27(31)28(23)32)18-6-8-19(9-7-18)24-16-17-26(36-4-2)30(34)29(24)33/h6-10,14-17,21,25,35H,3-5,11-13H2,1-2H3. The average molecular weight is 499 g/mol. The molecule has 0 saturated carbocycles. The highest BCUT2D eigenvalue weighted by Crippen LogP contribution is 2.37. The maximum absolute atomic E-state index is 15.1. The van der Waals surface area contributed by atoms with Gasteiger partial charge in [-0.3, -0.25) is 0 Å². The molecule has 0 heterocycles. The fraction of sp³-hybridized carbons (Fsp3) is 0.333. The van der Waals surface area contributed by atoms with Crippen molar-refractivity contribution in [3.05, 3.63) is 83.4 Å². The molecule has 1 aliphatic rings. The Bertz CT molecular complexity index is 1250. The molecule has 2 atom stereocenters. The molecule has 0 aromatic heterocycles. The lowest BCUT2D eigenvalue weighted by atomic mass is 9.82. The molecule has 36 heavy (non-hydrogen) atoms. The average Bonchev–Trinajstić information content (AvgIpc) is 2.89. The van der Waals surface area contributed by atoms with E-state index in [1.165, 1.54) is 12.1 Å². The first kappa shape index (κ1) is 26.0. The van der Waals surface area contributed by atoms with Crippen LogP contribution in [0.3, 0.4) is 0 Å². The van der Waals surface area contributed by atoms with Crippen molar-refractivity contribution in [3.63, 3.8) is 0 Å². The number of halogens is 4. The van der Waals surface area contributed by atoms with Crippen LogP contribution in [0.25, 0.3) is 27.8 Å². The van der Waals surface area contributed by atoms with E-state index in [0.29, 0.717) is 24.0 Å². The maximum atomic E-state index is 15.1. The molecule has 2 nitrogen and oxygen atoms in total. The summed E-state index contributed by atoms with van der Waals surface area (Å²) in [4.78, 5) is 0. The molecule has 0 aliphatic heterocycles. The van der Waals surface area contributed by atoms with E-state index < -0.39 is 23.3 Å². The fourth-order valence-electron chi connectivity index (χ4n) is 4.85. The highest BCUT2D eigenvalue weighted by molar-refractivity contribution is 5.74. The molecule has 1 N–H and O–H groups in total. The van der Waals surface area contributed by atoms with Crippen molar-refractivity contribution in [2.24, 2.45) is 5.92 Å². The predicted octanol–water partition coefficient (Wildman–Crippen LogP) is 8.32. The summed E-state index contributed by atoms with van der Waals surface area (Å²) in [5.74, 6) is -3.96. The predicted molar refractivity (Wildman–Crippen MR) is 135 cm³/mol. The van der Waals surface area contributed by atoms with Crippen LogP contribution in [0.2, 0.25) is 0 Å². The van der Waals surface area contributed by atoms with Crippen LogP contribution in [0, 0.1) is 29.2 Å². The molecule has 0 saturated heterocycles. The van der Waals surface area contributed by atoms with Crippen LogP contribution in [-0.2, 0) is 0 Å². The lowest BCUT2D eigenvalue weighted by molar-refractivity contribution is 0.0934. The van der Waals surface area contributed by atoms with Gasteiger partial charge in [0.1, 0.15) is 0 Å². The number of hydrogen-bond acceptors (Lipinski definition) is 2. The van der Waals surface area contributed by atoms with Gasteiger partial charge in [-0.05, 0) is 67.4 Å². The van der Waals surface area contributed by atoms with E-state index in [-0.39, 0.29) is 41.1 Å². The molecule has 190 valence electrons. The number of rotatable bonds is 8. The number of aliphatic hydroxyl groups is 1. The number of ether oxygens (including phenoxy) is 1. The molecule has 6 heteroatoms. The molecule has 4 rings (SSSR count). The molecule has 0 amide bonds. The molecule has 0 spiro atoms. The number of aliphatic hydroxyl groups excluding tert-OH is 1. The third kappa shape index (κ3) is 5.19. The highest BCUT2D eigenvalue weighted by Gasteiger charge is 2.24. The van der Waals surface area contributed by atoms with Crippen LogP contribution >= 0.6 is 0 Å². The van der Waals surface area contributed by atoms with Crippen molar-refractivity contribution in [2.75, 3.05) is 6.61 Å². The van der Waals surface area contributed by atoms with E-state index in [1.54, 1.807) is 43.3 Å². The smallest absolute Gasteiger partial charge is 0.201 e. The zero-order valence-electron chi connectivity index (χ0n) is 20.5. The highest BCUT2D eigenvalue weighted by atomic mass is 19.2. The van der Waals surface area contributed by atoms with Crippen molar-refractivity contribution in [1.29, 1.82) is 0 Å². The van der Waals surface area contributed by atoms with E-state index in [4.69, 9.17) is 4.74 Å². The Morgan fingerprint density at radius 3 is 1.92 bits per heavy atom. The van der Waals surface area contributed by atoms with Crippen LogP contribution in [0.5, 0.6) is 5.75 Å². The van der Waals surface area contributed by atoms with Gasteiger partial charge in [-0.2, -0.15) is 4.39 Å². The first-order chi connectivity index (χ1) is 17.3. The summed E-state index contributed by atoms with van der Waals surface area (Å²) in [5.41, 5.74) is 1.96. The molecule has 1 aliphatic carbocycles. The van der Waals surface area contributed by atoms with Crippen molar-refractivity contribution in [1.82, 2.24) is 0 Å². The van der Waals surface area contributed by atoms with Crippen molar-refractivity contribution < 1.29 is 27.4 Å². The summed E-state index contributed by atoms with van der Waals surface area (Å²) in [6.07, 6.45) is 5.15. The molecule has 0 fully saturated rings. The zero-order valence-corrected chi connectivity index (χ0v) is 20.5. The SMILES string of the molecule is CCCC(O)C1CC=C(c2ccc(-c3ccc(-c4ccc(OCC)c(F)c4F)cc3)c(F)c2F)CC1. The molecular weight excluding hydrogens is 468 g/mol. The summed E-state index contributed by atoms with van der Waals surface area (Å²) in [6, 6.07) is 12.1. The van der Waals surface area contributed by atoms with Gasteiger partial charge < -0.3 is 9.84 Å². The monoisotopic (exact) mass is 498 g/mol. The van der Waals surface area contributed by atoms with Gasteiger partial charge in [0.2, 0.25) is 5.82 Å². The minimum Gasteiger partial charge on any atom is -0.491 e. The molecule has 0 bridgehead atoms. The van der Waals surface area contributed by atoms with E-state index in [1.807, 2.05) is 13.0 Å². The van der Waals surface area contributed by atoms with E-state index in [2.05, 4.69) is 0 Å². The van der Waals surface area contributed by atoms with Crippen LogP contribution in [0.15, 0.2) is 54.6 Å². The first-order valence-corrected chi connectivity index (χ1v) is 12.4. The number of allylic oxidation sites excluding steroid dienone is 2. The molecule has 3 aromatic carbocycles. The quantitative estimate of drug-likeness (QED) is 0.317. The third-order valence-electron chi connectivity index (χ3n) is 6.86. The Labute approximate surface area is 209 Å². The topological polar surface area (TPSA) is 29.5 Å². The van der Waals surface area contributed by atoms with Crippen LogP contribution in [0.4, 0.5) is 17.6 Å². The van der Waals surface area contributed by atoms with Crippen molar-refractivity contribution in [3.8, 4) is 28.0 Å². The van der Waals surface area contributed by atoms with Crippen molar-refractivity contribution in [2.45, 2.75) is 52.1 Å². The Morgan fingerprint density at radius 2 is 1.36 bits per heavy atom. The Hall–Kier alpha value is -3.12. The van der Waals surface area contributed by atoms with Gasteiger partial charge in [-0.15, -0.1) is 0 Å². The van der Waals surface area contributed by atoms with Gasteiger partial charge in [0.25, 0.3) is 0 Å². The fourth-order valence-corrected chi connectivity index (χ4v) is 4.85. The van der Waals surface area contributed by atoms with E-state index in [0.717, 1.165) is 24.8 Å². The second kappa shape index (κ2) is 11.3. The maximum Gasteiger partial charge on any atom is 0.201 e. The van der Waals surface area contributed by atoms with Crippen LogP contribution in [0.1, 0.15) is 51.5 Å². The molecule has 0 radical (unpaired) electrons. The van der Waals surface area contributed by atoms with Gasteiger partial charge in [0, 0.05) is 16.7 Å². The first-order valence-electron chi connectivity index (χ1n) is 12.4. The van der Waals surface area contributed by atoms with Gasteiger partial charge in [-0.25, -0.2) is 13.2 Å². The molecular formula is C30H30F4O2. The minimum atomic E-state index is -1.06. The van der Waals surface area contributed by atoms with E-state index in [9.17, 15) is 13.9 Å². The Kier molecular flexibility index (Phi) is 8.14. The third-order valence-corrected chi connectivity index (χ3v) is 6.86. The number of benzene rings is 3. The summed E-state index contributed by atoms with van der Waals surface area (Å²) in [6.45, 7) is 3.92. The van der Waals surface area contributed by atoms with Gasteiger partial charge in [-0.1, -0.05) is 55.8 Å². The van der Waals surface area contributed by atoms with Gasteiger partial charge >= 0.3 is 0 Å². The lowest BCUT2D eigenvalue weighted by Crippen LogP contribution is -2.22. The Balaban J connectivity index is 1.56. The molecule has 3 aromatic rings. The largest absolute Gasteiger partial charge is 0.491 e. The summed E-state index contributed by atoms with van der Waals surface area (Å²) < 4.78 is 64.1. The van der Waals surface area contributed by atoms with Crippen LogP contribution < -0.4 is 4.74 Å². The Morgan fingerprint density at radius 1 is 0.806 bits per heavy atom. The van der Waals surface area contributed by atoms with Gasteiger partial charge in [0.15, 0.2) is 23.2 Å². The summed E-state index contributed by atoms with van der Waals surface area (Å²) >= 11 is 0. The summed E-state index contributed by atoms with van der Waals surface area (Å²) in [7, 11) is 0. The zero-order chi connectivity index (χ0) is 25.8. The minimum absolute atomic E-state index is 0.0519. The molecule has 2 unspecified atom stereocenters. The second-order valence-corrected chi connectivity index (χ2v) is 9.16. The number of hydrogen-bond donors (Lipinski definition) is 1. The normalized spacial score (nSPS) is 16.5. The van der Waals surface area contributed by atoms with Gasteiger partial charge in [0.05, 0.1) is 12.7 Å².